The molecule has 0 atom stereocenters. The Morgan fingerprint density at radius 1 is 0.964 bits per heavy atom. The van der Waals surface area contributed by atoms with Gasteiger partial charge in [-0.15, -0.1) is 0 Å². The molecule has 0 bridgehead atoms. The van der Waals surface area contributed by atoms with E-state index in [1.807, 2.05) is 41.1 Å². The van der Waals surface area contributed by atoms with Crippen LogP contribution < -0.4 is 14.8 Å². The Morgan fingerprint density at radius 2 is 1.75 bits per heavy atom. The Morgan fingerprint density at radius 3 is 2.57 bits per heavy atom. The van der Waals surface area contributed by atoms with Gasteiger partial charge in [-0.25, -0.2) is 4.68 Å². The van der Waals surface area contributed by atoms with Gasteiger partial charge in [0.05, 0.1) is 15.7 Å². The van der Waals surface area contributed by atoms with E-state index in [0.29, 0.717) is 23.3 Å². The number of hydrogen-bond acceptors (Lipinski definition) is 4. The van der Waals surface area contributed by atoms with E-state index in [2.05, 4.69) is 5.32 Å². The first-order valence-electron chi connectivity index (χ1n) is 9.42. The van der Waals surface area contributed by atoms with Gasteiger partial charge in [0.15, 0.2) is 11.5 Å². The normalized spacial score (nSPS) is 15.5. The van der Waals surface area contributed by atoms with Gasteiger partial charge in [-0.2, -0.15) is 5.10 Å². The van der Waals surface area contributed by atoms with Gasteiger partial charge in [0, 0.05) is 23.7 Å². The van der Waals surface area contributed by atoms with E-state index < -0.39 is 0 Å². The van der Waals surface area contributed by atoms with Crippen LogP contribution in [0.3, 0.4) is 0 Å². The number of rotatable bonds is 2. The van der Waals surface area contributed by atoms with Gasteiger partial charge in [-0.05, 0) is 43.5 Å². The van der Waals surface area contributed by atoms with E-state index >= 15 is 0 Å². The third-order valence-corrected chi connectivity index (χ3v) is 5.73. The molecule has 28 heavy (non-hydrogen) atoms. The molecule has 2 aromatic carbocycles. The largest absolute Gasteiger partial charge is 0.486 e. The third kappa shape index (κ3) is 2.99. The Bertz CT molecular complexity index is 1030. The summed E-state index contributed by atoms with van der Waals surface area (Å²) in [5.41, 5.74) is 3.66. The molecule has 0 radical (unpaired) electrons. The van der Waals surface area contributed by atoms with Crippen molar-refractivity contribution in [2.45, 2.75) is 19.3 Å². The lowest BCUT2D eigenvalue weighted by Gasteiger charge is -2.19. The lowest BCUT2D eigenvalue weighted by Crippen LogP contribution is -2.15. The zero-order valence-corrected chi connectivity index (χ0v) is 16.7. The molecule has 0 saturated heterocycles. The van der Waals surface area contributed by atoms with Crippen molar-refractivity contribution in [2.24, 2.45) is 0 Å². The summed E-state index contributed by atoms with van der Waals surface area (Å²) in [4.78, 5) is 0. The maximum Gasteiger partial charge on any atom is 0.163 e. The highest BCUT2D eigenvalue weighted by atomic mass is 35.5. The van der Waals surface area contributed by atoms with Gasteiger partial charge in [-0.1, -0.05) is 29.3 Å². The molecule has 0 saturated carbocycles. The van der Waals surface area contributed by atoms with E-state index in [9.17, 15) is 0 Å². The van der Waals surface area contributed by atoms with Crippen LogP contribution in [0.5, 0.6) is 11.5 Å². The molecule has 0 amide bonds. The summed E-state index contributed by atoms with van der Waals surface area (Å²) in [6.07, 6.45) is 3.11. The van der Waals surface area contributed by atoms with Crippen LogP contribution in [0.1, 0.15) is 18.4 Å². The van der Waals surface area contributed by atoms with E-state index in [0.717, 1.165) is 65.6 Å². The fourth-order valence-corrected chi connectivity index (χ4v) is 4.35. The molecule has 144 valence electrons. The van der Waals surface area contributed by atoms with Gasteiger partial charge >= 0.3 is 0 Å². The molecule has 3 aromatic rings. The number of aromatic nitrogens is 2. The standard InChI is InChI=1S/C21H19Cl2N3O2/c22-15-5-3-6-16(23)19(15)20-14-4-1-2-9-24-21(14)26(25-20)13-7-8-17-18(12-13)28-11-10-27-17/h3,5-8,12,24H,1-2,4,9-11H2. The van der Waals surface area contributed by atoms with Gasteiger partial charge in [0.25, 0.3) is 0 Å². The molecular formula is C21H19Cl2N3O2. The molecular weight excluding hydrogens is 397 g/mol. The summed E-state index contributed by atoms with van der Waals surface area (Å²) >= 11 is 13.0. The number of fused-ring (bicyclic) bond motifs is 2. The minimum atomic E-state index is 0.548. The molecule has 2 aliphatic heterocycles. The van der Waals surface area contributed by atoms with Crippen molar-refractivity contribution in [1.29, 1.82) is 0 Å². The second-order valence-corrected chi connectivity index (χ2v) is 7.71. The summed E-state index contributed by atoms with van der Waals surface area (Å²) in [6, 6.07) is 11.4. The van der Waals surface area contributed by atoms with Crippen LogP contribution in [-0.2, 0) is 6.42 Å². The number of ether oxygens (including phenoxy) is 2. The number of nitrogens with one attached hydrogen (secondary N) is 1. The molecule has 7 heteroatoms. The molecule has 0 fully saturated rings. The molecule has 2 aliphatic rings. The predicted molar refractivity (Wildman–Crippen MR) is 111 cm³/mol. The molecule has 0 spiro atoms. The number of benzene rings is 2. The molecule has 1 N–H and O–H groups in total. The maximum absolute atomic E-state index is 6.51. The molecule has 0 unspecified atom stereocenters. The van der Waals surface area contributed by atoms with Crippen molar-refractivity contribution in [3.05, 3.63) is 52.0 Å². The number of anilines is 1. The summed E-state index contributed by atoms with van der Waals surface area (Å²) in [5, 5.41) is 9.68. The fourth-order valence-electron chi connectivity index (χ4n) is 3.78. The van der Waals surface area contributed by atoms with Crippen molar-refractivity contribution >= 4 is 29.0 Å². The Balaban J connectivity index is 1.70. The van der Waals surface area contributed by atoms with Crippen LogP contribution in [0.15, 0.2) is 36.4 Å². The molecule has 3 heterocycles. The van der Waals surface area contributed by atoms with Gasteiger partial charge in [-0.3, -0.25) is 0 Å². The van der Waals surface area contributed by atoms with Crippen LogP contribution in [0.2, 0.25) is 10.0 Å². The summed E-state index contributed by atoms with van der Waals surface area (Å²) in [5.74, 6) is 2.48. The first-order valence-corrected chi connectivity index (χ1v) is 10.2. The second kappa shape index (κ2) is 7.22. The Kier molecular flexibility index (Phi) is 4.57. The zero-order chi connectivity index (χ0) is 19.1. The molecule has 5 rings (SSSR count). The van der Waals surface area contributed by atoms with E-state index in [4.69, 9.17) is 37.8 Å². The second-order valence-electron chi connectivity index (χ2n) is 6.90. The van der Waals surface area contributed by atoms with Gasteiger partial charge in [0.2, 0.25) is 0 Å². The molecule has 1 aromatic heterocycles. The van der Waals surface area contributed by atoms with Gasteiger partial charge in [0.1, 0.15) is 24.7 Å². The average molecular weight is 416 g/mol. The van der Waals surface area contributed by atoms with Crippen LogP contribution in [0, 0.1) is 0 Å². The molecule has 0 aliphatic carbocycles. The first-order chi connectivity index (χ1) is 13.7. The SMILES string of the molecule is Clc1cccc(Cl)c1-c1nn(-c2ccc3c(c2)OCCO3)c2c1CCCCN2. The monoisotopic (exact) mass is 415 g/mol. The highest BCUT2D eigenvalue weighted by Crippen LogP contribution is 2.41. The predicted octanol–water partition coefficient (Wildman–Crippen LogP) is 5.37. The lowest BCUT2D eigenvalue weighted by molar-refractivity contribution is 0.171. The minimum absolute atomic E-state index is 0.548. The number of nitrogens with zero attached hydrogens (tertiary/aromatic N) is 2. The highest BCUT2D eigenvalue weighted by molar-refractivity contribution is 6.39. The van der Waals surface area contributed by atoms with Crippen LogP contribution in [-0.4, -0.2) is 29.5 Å². The Labute approximate surface area is 173 Å². The van der Waals surface area contributed by atoms with E-state index in [-0.39, 0.29) is 0 Å². The lowest BCUT2D eigenvalue weighted by atomic mass is 10.0. The van der Waals surface area contributed by atoms with Crippen LogP contribution in [0.4, 0.5) is 5.82 Å². The van der Waals surface area contributed by atoms with Crippen molar-refractivity contribution in [1.82, 2.24) is 9.78 Å². The Hall–Kier alpha value is -2.37. The fraction of sp³-hybridized carbons (Fsp3) is 0.286. The maximum atomic E-state index is 6.51. The van der Waals surface area contributed by atoms with Crippen LogP contribution >= 0.6 is 23.2 Å². The number of hydrogen-bond donors (Lipinski definition) is 1. The minimum Gasteiger partial charge on any atom is -0.486 e. The van der Waals surface area contributed by atoms with Crippen molar-refractivity contribution in [2.75, 3.05) is 25.1 Å². The smallest absolute Gasteiger partial charge is 0.163 e. The topological polar surface area (TPSA) is 48.3 Å². The third-order valence-electron chi connectivity index (χ3n) is 5.10. The summed E-state index contributed by atoms with van der Waals surface area (Å²) in [7, 11) is 0. The first kappa shape index (κ1) is 17.7. The molecule has 5 nitrogen and oxygen atoms in total. The van der Waals surface area contributed by atoms with Crippen molar-refractivity contribution in [3.8, 4) is 28.4 Å². The highest BCUT2D eigenvalue weighted by Gasteiger charge is 2.25. The van der Waals surface area contributed by atoms with Crippen LogP contribution in [0.25, 0.3) is 16.9 Å². The van der Waals surface area contributed by atoms with E-state index in [1.54, 1.807) is 0 Å². The van der Waals surface area contributed by atoms with E-state index in [1.165, 1.54) is 0 Å². The van der Waals surface area contributed by atoms with Crippen molar-refractivity contribution < 1.29 is 9.47 Å². The summed E-state index contributed by atoms with van der Waals surface area (Å²) < 4.78 is 13.3. The zero-order valence-electron chi connectivity index (χ0n) is 15.2. The van der Waals surface area contributed by atoms with Crippen molar-refractivity contribution in [3.63, 3.8) is 0 Å². The quantitative estimate of drug-likeness (QED) is 0.611. The summed E-state index contributed by atoms with van der Waals surface area (Å²) in [6.45, 7) is 2.02. The number of halogens is 2. The average Bonchev–Trinajstić information content (AvgIpc) is 2.88. The van der Waals surface area contributed by atoms with Gasteiger partial charge < -0.3 is 14.8 Å².